The fourth-order valence-corrected chi connectivity index (χ4v) is 2.64. The second-order valence-corrected chi connectivity index (χ2v) is 5.68. The van der Waals surface area contributed by atoms with Crippen molar-refractivity contribution in [3.8, 4) is 11.8 Å². The van der Waals surface area contributed by atoms with Crippen LogP contribution in [0.1, 0.15) is 5.56 Å². The summed E-state index contributed by atoms with van der Waals surface area (Å²) < 4.78 is 28.3. The van der Waals surface area contributed by atoms with Crippen molar-refractivity contribution in [1.29, 1.82) is 0 Å². The van der Waals surface area contributed by atoms with Crippen LogP contribution in [0.4, 0.5) is 5.69 Å². The Hall–Kier alpha value is -2.30. The summed E-state index contributed by atoms with van der Waals surface area (Å²) in [5, 5.41) is 12.5. The number of benzene rings is 1. The van der Waals surface area contributed by atoms with Crippen LogP contribution in [0.15, 0.2) is 41.6 Å². The van der Waals surface area contributed by atoms with Gasteiger partial charge in [-0.2, -0.15) is 5.10 Å². The van der Waals surface area contributed by atoms with Gasteiger partial charge in [0.15, 0.2) is 0 Å². The number of hydrogen-bond donors (Lipinski definition) is 2. The average molecular weight is 291 g/mol. The van der Waals surface area contributed by atoms with Crippen LogP contribution in [0.3, 0.4) is 0 Å². The molecular formula is C13H13N3O3S. The van der Waals surface area contributed by atoms with Gasteiger partial charge in [0, 0.05) is 18.8 Å². The van der Waals surface area contributed by atoms with Gasteiger partial charge >= 0.3 is 0 Å². The number of aliphatic hydroxyl groups excluding tert-OH is 1. The number of aryl methyl sites for hydroxylation is 1. The van der Waals surface area contributed by atoms with Gasteiger partial charge in [0.25, 0.3) is 10.0 Å². The molecule has 6 nitrogen and oxygen atoms in total. The summed E-state index contributed by atoms with van der Waals surface area (Å²) in [5.41, 5.74) is 0.910. The lowest BCUT2D eigenvalue weighted by molar-refractivity contribution is 0.350. The van der Waals surface area contributed by atoms with Crippen molar-refractivity contribution in [2.75, 3.05) is 11.3 Å². The van der Waals surface area contributed by atoms with Crippen molar-refractivity contribution in [3.05, 3.63) is 42.2 Å². The third-order valence-corrected chi connectivity index (χ3v) is 3.79. The van der Waals surface area contributed by atoms with E-state index in [0.717, 1.165) is 0 Å². The number of anilines is 1. The molecule has 0 bridgehead atoms. The molecule has 0 saturated carbocycles. The summed E-state index contributed by atoms with van der Waals surface area (Å²) in [4.78, 5) is 0.103. The lowest BCUT2D eigenvalue weighted by Gasteiger charge is -2.06. The first-order chi connectivity index (χ1) is 9.51. The number of aromatic nitrogens is 2. The van der Waals surface area contributed by atoms with E-state index >= 15 is 0 Å². The molecule has 2 N–H and O–H groups in total. The summed E-state index contributed by atoms with van der Waals surface area (Å²) in [6.45, 7) is -0.273. The van der Waals surface area contributed by atoms with Crippen molar-refractivity contribution in [3.63, 3.8) is 0 Å². The number of rotatable bonds is 3. The summed E-state index contributed by atoms with van der Waals surface area (Å²) in [7, 11) is -1.98. The second kappa shape index (κ2) is 5.77. The van der Waals surface area contributed by atoms with Crippen LogP contribution < -0.4 is 4.72 Å². The molecule has 20 heavy (non-hydrogen) atoms. The van der Waals surface area contributed by atoms with Gasteiger partial charge in [-0.1, -0.05) is 17.9 Å². The molecule has 2 rings (SSSR count). The number of aliphatic hydroxyl groups is 1. The summed E-state index contributed by atoms with van der Waals surface area (Å²) in [6.07, 6.45) is 2.99. The topological polar surface area (TPSA) is 84.2 Å². The van der Waals surface area contributed by atoms with E-state index in [1.165, 1.54) is 23.0 Å². The van der Waals surface area contributed by atoms with Crippen LogP contribution in [0.5, 0.6) is 0 Å². The van der Waals surface area contributed by atoms with E-state index in [-0.39, 0.29) is 11.5 Å². The zero-order valence-electron chi connectivity index (χ0n) is 10.7. The third-order valence-electron chi connectivity index (χ3n) is 2.41. The highest BCUT2D eigenvalue weighted by Crippen LogP contribution is 2.16. The predicted octanol–water partition coefficient (Wildman–Crippen LogP) is 0.565. The third kappa shape index (κ3) is 3.38. The molecule has 2 aromatic rings. The minimum Gasteiger partial charge on any atom is -0.384 e. The molecule has 1 aromatic heterocycles. The molecule has 0 aliphatic carbocycles. The number of nitrogens with one attached hydrogen (secondary N) is 1. The maximum atomic E-state index is 12.2. The van der Waals surface area contributed by atoms with Crippen LogP contribution in [-0.4, -0.2) is 29.9 Å². The quantitative estimate of drug-likeness (QED) is 0.810. The molecular weight excluding hydrogens is 278 g/mol. The second-order valence-electron chi connectivity index (χ2n) is 4.00. The van der Waals surface area contributed by atoms with E-state index in [0.29, 0.717) is 11.3 Å². The van der Waals surface area contributed by atoms with Crippen LogP contribution in [0, 0.1) is 11.8 Å². The van der Waals surface area contributed by atoms with Gasteiger partial charge in [0.05, 0.1) is 16.8 Å². The molecule has 0 spiro atoms. The minimum atomic E-state index is -3.68. The van der Waals surface area contributed by atoms with E-state index in [1.807, 2.05) is 0 Å². The standard InChI is InChI=1S/C13H13N3O3S/c1-16-10-12(9-14-16)15-20(18,19)13-6-2-4-11(8-13)5-3-7-17/h2,4,6,8-10,15,17H,7H2,1H3. The minimum absolute atomic E-state index is 0.103. The highest BCUT2D eigenvalue weighted by molar-refractivity contribution is 7.92. The first-order valence-electron chi connectivity index (χ1n) is 5.72. The van der Waals surface area contributed by atoms with Crippen LogP contribution in [0.2, 0.25) is 0 Å². The SMILES string of the molecule is Cn1cc(NS(=O)(=O)c2cccc(C#CCO)c2)cn1. The highest BCUT2D eigenvalue weighted by Gasteiger charge is 2.15. The monoisotopic (exact) mass is 291 g/mol. The molecule has 0 aliphatic heterocycles. The molecule has 0 amide bonds. The molecule has 0 radical (unpaired) electrons. The zero-order chi connectivity index (χ0) is 14.6. The Morgan fingerprint density at radius 3 is 2.90 bits per heavy atom. The lowest BCUT2D eigenvalue weighted by Crippen LogP contribution is -2.12. The Balaban J connectivity index is 2.29. The molecule has 0 fully saturated rings. The maximum Gasteiger partial charge on any atom is 0.262 e. The van der Waals surface area contributed by atoms with Crippen LogP contribution in [-0.2, 0) is 17.1 Å². The van der Waals surface area contributed by atoms with E-state index in [2.05, 4.69) is 21.7 Å². The Kier molecular flexibility index (Phi) is 4.08. The molecule has 0 atom stereocenters. The smallest absolute Gasteiger partial charge is 0.262 e. The van der Waals surface area contributed by atoms with Gasteiger partial charge in [-0.15, -0.1) is 0 Å². The largest absolute Gasteiger partial charge is 0.384 e. The average Bonchev–Trinajstić information content (AvgIpc) is 2.81. The Morgan fingerprint density at radius 1 is 1.45 bits per heavy atom. The predicted molar refractivity (Wildman–Crippen MR) is 74.4 cm³/mol. The van der Waals surface area contributed by atoms with Gasteiger partial charge in [0.1, 0.15) is 6.61 Å². The summed E-state index contributed by atoms with van der Waals surface area (Å²) in [6, 6.07) is 6.19. The van der Waals surface area contributed by atoms with Crippen molar-refractivity contribution >= 4 is 15.7 Å². The van der Waals surface area contributed by atoms with Gasteiger partial charge < -0.3 is 5.11 Å². The first kappa shape index (κ1) is 14.1. The number of sulfonamides is 1. The Bertz CT molecular complexity index is 769. The van der Waals surface area contributed by atoms with Crippen molar-refractivity contribution in [1.82, 2.24) is 9.78 Å². The maximum absolute atomic E-state index is 12.2. The lowest BCUT2D eigenvalue weighted by atomic mass is 10.2. The van der Waals surface area contributed by atoms with E-state index in [9.17, 15) is 8.42 Å². The van der Waals surface area contributed by atoms with Gasteiger partial charge in [-0.25, -0.2) is 8.42 Å². The number of nitrogens with zero attached hydrogens (tertiary/aromatic N) is 2. The van der Waals surface area contributed by atoms with Crippen molar-refractivity contribution in [2.24, 2.45) is 7.05 Å². The molecule has 0 saturated heterocycles. The fraction of sp³-hybridized carbons (Fsp3) is 0.154. The van der Waals surface area contributed by atoms with Crippen molar-refractivity contribution in [2.45, 2.75) is 4.90 Å². The van der Waals surface area contributed by atoms with Gasteiger partial charge in [0.2, 0.25) is 0 Å². The molecule has 0 unspecified atom stereocenters. The Labute approximate surface area is 117 Å². The van der Waals surface area contributed by atoms with Crippen LogP contribution in [0.25, 0.3) is 0 Å². The van der Waals surface area contributed by atoms with E-state index < -0.39 is 10.0 Å². The number of hydrogen-bond acceptors (Lipinski definition) is 4. The van der Waals surface area contributed by atoms with E-state index in [4.69, 9.17) is 5.11 Å². The molecule has 1 aromatic carbocycles. The molecule has 104 valence electrons. The van der Waals surface area contributed by atoms with E-state index in [1.54, 1.807) is 25.4 Å². The van der Waals surface area contributed by atoms with Gasteiger partial charge in [-0.3, -0.25) is 9.40 Å². The first-order valence-corrected chi connectivity index (χ1v) is 7.21. The Morgan fingerprint density at radius 2 is 2.25 bits per heavy atom. The molecule has 0 aliphatic rings. The van der Waals surface area contributed by atoms with Gasteiger partial charge in [-0.05, 0) is 18.2 Å². The molecule has 7 heteroatoms. The van der Waals surface area contributed by atoms with Crippen molar-refractivity contribution < 1.29 is 13.5 Å². The fourth-order valence-electron chi connectivity index (χ4n) is 1.57. The zero-order valence-corrected chi connectivity index (χ0v) is 11.6. The summed E-state index contributed by atoms with van der Waals surface area (Å²) >= 11 is 0. The molecule has 1 heterocycles. The summed E-state index contributed by atoms with van der Waals surface area (Å²) in [5.74, 6) is 5.14. The normalized spacial score (nSPS) is 10.7. The highest BCUT2D eigenvalue weighted by atomic mass is 32.2. The van der Waals surface area contributed by atoms with Crippen LogP contribution >= 0.6 is 0 Å².